The number of carbonyl (C=O) groups excluding carboxylic acids is 1. The van der Waals surface area contributed by atoms with Crippen LogP contribution in [0.3, 0.4) is 0 Å². The van der Waals surface area contributed by atoms with Crippen LogP contribution in [0.15, 0.2) is 48.5 Å². The summed E-state index contributed by atoms with van der Waals surface area (Å²) in [6.07, 6.45) is 3.72. The smallest absolute Gasteiger partial charge is 0.272 e. The van der Waals surface area contributed by atoms with Crippen molar-refractivity contribution in [2.75, 3.05) is 5.32 Å². The number of nitrogens with zero attached hydrogens (tertiary/aromatic N) is 1. The van der Waals surface area contributed by atoms with E-state index in [0.717, 1.165) is 31.2 Å². The van der Waals surface area contributed by atoms with E-state index in [1.807, 2.05) is 30.3 Å². The third-order valence-electron chi connectivity index (χ3n) is 4.87. The quantitative estimate of drug-likeness (QED) is 0.671. The van der Waals surface area contributed by atoms with E-state index in [1.54, 1.807) is 19.1 Å². The highest BCUT2D eigenvalue weighted by atomic mass is 16.6. The third kappa shape index (κ3) is 2.89. The molecular formula is C19H20N2O3. The fourth-order valence-corrected chi connectivity index (χ4v) is 3.57. The summed E-state index contributed by atoms with van der Waals surface area (Å²) in [5.41, 5.74) is 1.74. The van der Waals surface area contributed by atoms with E-state index >= 15 is 0 Å². The van der Waals surface area contributed by atoms with Gasteiger partial charge >= 0.3 is 0 Å². The SMILES string of the molecule is Cc1cc(NC(=O)C2(c3ccccc3)CCCC2)ccc1[N+](=O)[O-]. The average molecular weight is 324 g/mol. The average Bonchev–Trinajstić information content (AvgIpc) is 3.06. The number of rotatable bonds is 4. The molecule has 0 radical (unpaired) electrons. The molecule has 124 valence electrons. The summed E-state index contributed by atoms with van der Waals surface area (Å²) in [5, 5.41) is 13.9. The molecule has 1 amide bonds. The molecule has 0 unspecified atom stereocenters. The van der Waals surface area contributed by atoms with Gasteiger partial charge in [-0.05, 0) is 37.5 Å². The van der Waals surface area contributed by atoms with Crippen LogP contribution in [0.5, 0.6) is 0 Å². The molecule has 0 heterocycles. The van der Waals surface area contributed by atoms with E-state index in [9.17, 15) is 14.9 Å². The fourth-order valence-electron chi connectivity index (χ4n) is 3.57. The van der Waals surface area contributed by atoms with Gasteiger partial charge in [0.25, 0.3) is 5.69 Å². The fraction of sp³-hybridized carbons (Fsp3) is 0.316. The van der Waals surface area contributed by atoms with Crippen molar-refractivity contribution in [3.05, 3.63) is 69.8 Å². The second kappa shape index (κ2) is 6.43. The first kappa shape index (κ1) is 16.2. The number of anilines is 1. The molecule has 2 aromatic carbocycles. The molecule has 0 bridgehead atoms. The van der Waals surface area contributed by atoms with Crippen molar-refractivity contribution in [1.82, 2.24) is 0 Å². The number of amides is 1. The summed E-state index contributed by atoms with van der Waals surface area (Å²) in [6.45, 7) is 1.68. The van der Waals surface area contributed by atoms with Crippen molar-refractivity contribution in [2.45, 2.75) is 38.0 Å². The monoisotopic (exact) mass is 324 g/mol. The Morgan fingerprint density at radius 2 is 1.79 bits per heavy atom. The van der Waals surface area contributed by atoms with Crippen LogP contribution in [0.25, 0.3) is 0 Å². The topological polar surface area (TPSA) is 72.2 Å². The summed E-state index contributed by atoms with van der Waals surface area (Å²) < 4.78 is 0. The Hall–Kier alpha value is -2.69. The largest absolute Gasteiger partial charge is 0.325 e. The van der Waals surface area contributed by atoms with Gasteiger partial charge in [-0.2, -0.15) is 0 Å². The van der Waals surface area contributed by atoms with Crippen molar-refractivity contribution in [1.29, 1.82) is 0 Å². The van der Waals surface area contributed by atoms with E-state index in [0.29, 0.717) is 11.3 Å². The Morgan fingerprint density at radius 3 is 2.38 bits per heavy atom. The molecule has 2 aromatic rings. The molecule has 5 nitrogen and oxygen atoms in total. The summed E-state index contributed by atoms with van der Waals surface area (Å²) in [7, 11) is 0. The zero-order valence-corrected chi connectivity index (χ0v) is 13.6. The van der Waals surface area contributed by atoms with Crippen LogP contribution in [0, 0.1) is 17.0 Å². The number of carbonyl (C=O) groups is 1. The predicted molar refractivity (Wildman–Crippen MR) is 93.1 cm³/mol. The molecule has 1 saturated carbocycles. The highest BCUT2D eigenvalue weighted by Gasteiger charge is 2.42. The van der Waals surface area contributed by atoms with Crippen molar-refractivity contribution in [2.24, 2.45) is 0 Å². The Kier molecular flexibility index (Phi) is 4.34. The number of nitro groups is 1. The zero-order chi connectivity index (χ0) is 17.2. The van der Waals surface area contributed by atoms with Gasteiger partial charge in [-0.15, -0.1) is 0 Å². The van der Waals surface area contributed by atoms with E-state index in [4.69, 9.17) is 0 Å². The molecule has 1 fully saturated rings. The second-order valence-corrected chi connectivity index (χ2v) is 6.37. The molecule has 24 heavy (non-hydrogen) atoms. The lowest BCUT2D eigenvalue weighted by atomic mass is 9.78. The minimum absolute atomic E-state index is 0.0283. The highest BCUT2D eigenvalue weighted by molar-refractivity contribution is 5.99. The van der Waals surface area contributed by atoms with Crippen molar-refractivity contribution < 1.29 is 9.72 Å². The molecule has 0 saturated heterocycles. The standard InChI is InChI=1S/C19H20N2O3/c1-14-13-16(9-10-17(14)21(23)24)20-18(22)19(11-5-6-12-19)15-7-3-2-4-8-15/h2-4,7-10,13H,5-6,11-12H2,1H3,(H,20,22). The van der Waals surface area contributed by atoms with E-state index < -0.39 is 10.3 Å². The molecule has 0 spiro atoms. The van der Waals surface area contributed by atoms with E-state index in [1.165, 1.54) is 6.07 Å². The lowest BCUT2D eigenvalue weighted by Gasteiger charge is -2.28. The zero-order valence-electron chi connectivity index (χ0n) is 13.6. The molecule has 0 aromatic heterocycles. The maximum Gasteiger partial charge on any atom is 0.272 e. The Balaban J connectivity index is 1.88. The Morgan fingerprint density at radius 1 is 1.12 bits per heavy atom. The van der Waals surface area contributed by atoms with Gasteiger partial charge in [-0.1, -0.05) is 43.2 Å². The molecule has 1 aliphatic carbocycles. The van der Waals surface area contributed by atoms with Gasteiger partial charge in [0.15, 0.2) is 0 Å². The van der Waals surface area contributed by atoms with Gasteiger partial charge in [-0.25, -0.2) is 0 Å². The van der Waals surface area contributed by atoms with Crippen LogP contribution >= 0.6 is 0 Å². The van der Waals surface area contributed by atoms with E-state index in [-0.39, 0.29) is 11.6 Å². The summed E-state index contributed by atoms with van der Waals surface area (Å²) >= 11 is 0. The summed E-state index contributed by atoms with van der Waals surface area (Å²) in [6, 6.07) is 14.6. The predicted octanol–water partition coefficient (Wildman–Crippen LogP) is 4.35. The van der Waals surface area contributed by atoms with Gasteiger partial charge in [0.2, 0.25) is 5.91 Å². The van der Waals surface area contributed by atoms with Gasteiger partial charge in [0, 0.05) is 17.3 Å². The first-order chi connectivity index (χ1) is 11.5. The molecule has 5 heteroatoms. The normalized spacial score (nSPS) is 15.9. The van der Waals surface area contributed by atoms with Crippen LogP contribution in [-0.2, 0) is 10.2 Å². The number of benzene rings is 2. The van der Waals surface area contributed by atoms with Gasteiger partial charge in [-0.3, -0.25) is 14.9 Å². The first-order valence-corrected chi connectivity index (χ1v) is 8.15. The molecule has 1 aliphatic rings. The molecule has 0 atom stereocenters. The lowest BCUT2D eigenvalue weighted by Crippen LogP contribution is -2.37. The summed E-state index contributed by atoms with van der Waals surface area (Å²) in [4.78, 5) is 23.5. The maximum atomic E-state index is 13.0. The maximum absolute atomic E-state index is 13.0. The molecular weight excluding hydrogens is 304 g/mol. The van der Waals surface area contributed by atoms with Crippen molar-refractivity contribution >= 4 is 17.3 Å². The Bertz CT molecular complexity index is 765. The second-order valence-electron chi connectivity index (χ2n) is 6.37. The van der Waals surface area contributed by atoms with Gasteiger partial charge < -0.3 is 5.32 Å². The number of nitrogens with one attached hydrogen (secondary N) is 1. The lowest BCUT2D eigenvalue weighted by molar-refractivity contribution is -0.385. The number of hydrogen-bond acceptors (Lipinski definition) is 3. The van der Waals surface area contributed by atoms with Crippen molar-refractivity contribution in [3.63, 3.8) is 0 Å². The number of aryl methyl sites for hydroxylation is 1. The molecule has 3 rings (SSSR count). The van der Waals surface area contributed by atoms with Crippen LogP contribution < -0.4 is 5.32 Å². The van der Waals surface area contributed by atoms with E-state index in [2.05, 4.69) is 5.32 Å². The Labute approximate surface area is 140 Å². The van der Waals surface area contributed by atoms with Gasteiger partial charge in [0.05, 0.1) is 10.3 Å². The van der Waals surface area contributed by atoms with Crippen LogP contribution in [0.4, 0.5) is 11.4 Å². The molecule has 0 aliphatic heterocycles. The van der Waals surface area contributed by atoms with Gasteiger partial charge in [0.1, 0.15) is 0 Å². The van der Waals surface area contributed by atoms with Crippen LogP contribution in [0.1, 0.15) is 36.8 Å². The summed E-state index contributed by atoms with van der Waals surface area (Å²) in [5.74, 6) is -0.0283. The third-order valence-corrected chi connectivity index (χ3v) is 4.87. The first-order valence-electron chi connectivity index (χ1n) is 8.15. The highest BCUT2D eigenvalue weighted by Crippen LogP contribution is 2.42. The number of nitro benzene ring substituents is 1. The van der Waals surface area contributed by atoms with Crippen molar-refractivity contribution in [3.8, 4) is 0 Å². The minimum Gasteiger partial charge on any atom is -0.325 e. The van der Waals surface area contributed by atoms with Crippen LogP contribution in [-0.4, -0.2) is 10.8 Å². The minimum atomic E-state index is -0.503. The molecule has 1 N–H and O–H groups in total. The van der Waals surface area contributed by atoms with Crippen LogP contribution in [0.2, 0.25) is 0 Å². The number of hydrogen-bond donors (Lipinski definition) is 1.